The Balaban J connectivity index is 1.17. The van der Waals surface area contributed by atoms with Gasteiger partial charge in [-0.2, -0.15) is 0 Å². The van der Waals surface area contributed by atoms with E-state index < -0.39 is 0 Å². The second-order valence-corrected chi connectivity index (χ2v) is 16.1. The molecule has 0 aromatic heterocycles. The zero-order valence-electron chi connectivity index (χ0n) is 27.3. The summed E-state index contributed by atoms with van der Waals surface area (Å²) in [5.41, 5.74) is 5.78. The Bertz CT molecular complexity index is 2090. The lowest BCUT2D eigenvalue weighted by atomic mass is 9.82. The second kappa shape index (κ2) is 12.3. The maximum atomic E-state index is 2.59. The predicted molar refractivity (Wildman–Crippen MR) is 210 cm³/mol. The van der Waals surface area contributed by atoms with Crippen LogP contribution in [0, 0.1) is 0 Å². The molecule has 48 heavy (non-hydrogen) atoms. The summed E-state index contributed by atoms with van der Waals surface area (Å²) in [5, 5.41) is 11.7. The van der Waals surface area contributed by atoms with Crippen molar-refractivity contribution in [3.63, 3.8) is 0 Å². The molecule has 0 unspecified atom stereocenters. The van der Waals surface area contributed by atoms with Crippen LogP contribution in [0.4, 0.5) is 0 Å². The van der Waals surface area contributed by atoms with Gasteiger partial charge < -0.3 is 0 Å². The molecular formula is C47H39S+. The Kier molecular flexibility index (Phi) is 7.51. The Hall–Kier alpha value is -4.85. The van der Waals surface area contributed by atoms with E-state index in [4.69, 9.17) is 0 Å². The monoisotopic (exact) mass is 635 g/mol. The first-order valence-electron chi connectivity index (χ1n) is 17.3. The van der Waals surface area contributed by atoms with Gasteiger partial charge in [-0.3, -0.25) is 0 Å². The van der Waals surface area contributed by atoms with Crippen molar-refractivity contribution in [3.05, 3.63) is 192 Å². The largest absolute Gasteiger partial charge is 0.129 e. The quantitative estimate of drug-likeness (QED) is 0.160. The molecule has 8 aromatic rings. The summed E-state index contributed by atoms with van der Waals surface area (Å²) in [7, 11) is 0.155. The molecule has 0 spiro atoms. The number of fused-ring (bicyclic) bond motifs is 4. The highest BCUT2D eigenvalue weighted by atomic mass is 32.2. The van der Waals surface area contributed by atoms with Crippen molar-refractivity contribution in [1.29, 1.82) is 0 Å². The predicted octanol–water partition coefficient (Wildman–Crippen LogP) is 12.0. The van der Waals surface area contributed by atoms with Crippen molar-refractivity contribution in [1.82, 2.24) is 0 Å². The third-order valence-corrected chi connectivity index (χ3v) is 13.9. The first kappa shape index (κ1) is 29.3. The van der Waals surface area contributed by atoms with Gasteiger partial charge in [0.1, 0.15) is 10.5 Å². The molecule has 232 valence electrons. The Morgan fingerprint density at radius 1 is 0.354 bits per heavy atom. The number of rotatable bonds is 6. The van der Waals surface area contributed by atoms with Crippen LogP contribution in [0.25, 0.3) is 43.1 Å². The molecule has 0 bridgehead atoms. The van der Waals surface area contributed by atoms with Crippen LogP contribution in [0.2, 0.25) is 0 Å². The lowest BCUT2D eigenvalue weighted by molar-refractivity contribution is 0.643. The van der Waals surface area contributed by atoms with Gasteiger partial charge in [0.15, 0.2) is 0 Å². The summed E-state index contributed by atoms with van der Waals surface area (Å²) >= 11 is 0. The van der Waals surface area contributed by atoms with Crippen molar-refractivity contribution in [2.75, 3.05) is 6.26 Å². The van der Waals surface area contributed by atoms with Crippen LogP contribution in [0.3, 0.4) is 0 Å². The molecular weight excluding hydrogens is 597 g/mol. The zero-order chi connectivity index (χ0) is 32.0. The third-order valence-electron chi connectivity index (χ3n) is 11.0. The molecule has 1 heteroatoms. The summed E-state index contributed by atoms with van der Waals surface area (Å²) in [6.07, 6.45) is 5.05. The van der Waals surface area contributed by atoms with E-state index in [9.17, 15) is 0 Å². The molecule has 0 radical (unpaired) electrons. The van der Waals surface area contributed by atoms with Crippen LogP contribution >= 0.6 is 0 Å². The van der Waals surface area contributed by atoms with Crippen LogP contribution in [0.1, 0.15) is 46.9 Å². The third kappa shape index (κ3) is 5.27. The van der Waals surface area contributed by atoms with Crippen LogP contribution in [0.15, 0.2) is 170 Å². The van der Waals surface area contributed by atoms with Crippen molar-refractivity contribution < 1.29 is 0 Å². The minimum absolute atomic E-state index is 0.155. The SMILES string of the molecule is C[S+]1[C@@H](C(c2ccc3ccccc3c2)c2ccc3ccccc3c2)CC[C@@H]1C(c1ccc2ccccc2c1)c1ccc2ccccc2c1. The first-order chi connectivity index (χ1) is 23.7. The fourth-order valence-corrected chi connectivity index (χ4v) is 11.5. The van der Waals surface area contributed by atoms with Crippen molar-refractivity contribution >= 4 is 54.0 Å². The van der Waals surface area contributed by atoms with Gasteiger partial charge in [-0.1, -0.05) is 170 Å². The Morgan fingerprint density at radius 2 is 0.604 bits per heavy atom. The van der Waals surface area contributed by atoms with Crippen LogP contribution < -0.4 is 0 Å². The highest BCUT2D eigenvalue weighted by Gasteiger charge is 2.50. The van der Waals surface area contributed by atoms with Crippen LogP contribution in [0.5, 0.6) is 0 Å². The number of hydrogen-bond acceptors (Lipinski definition) is 0. The molecule has 1 aliphatic heterocycles. The van der Waals surface area contributed by atoms with Gasteiger partial charge >= 0.3 is 0 Å². The number of benzene rings is 8. The van der Waals surface area contributed by atoms with Gasteiger partial charge in [-0.25, -0.2) is 0 Å². The topological polar surface area (TPSA) is 0 Å². The van der Waals surface area contributed by atoms with E-state index in [1.54, 1.807) is 0 Å². The molecule has 9 rings (SSSR count). The maximum Gasteiger partial charge on any atom is 0.129 e. The van der Waals surface area contributed by atoms with Crippen LogP contribution in [-0.4, -0.2) is 16.8 Å². The molecule has 1 fully saturated rings. The molecule has 0 nitrogen and oxygen atoms in total. The molecule has 0 N–H and O–H groups in total. The van der Waals surface area contributed by atoms with E-state index in [2.05, 4.69) is 176 Å². The Labute approximate surface area is 286 Å². The molecule has 1 aliphatic rings. The van der Waals surface area contributed by atoms with Crippen molar-refractivity contribution in [3.8, 4) is 0 Å². The first-order valence-corrected chi connectivity index (χ1v) is 19.0. The van der Waals surface area contributed by atoms with Gasteiger partial charge in [-0.05, 0) is 76.2 Å². The fraction of sp³-hybridized carbons (Fsp3) is 0.149. The molecule has 0 saturated carbocycles. The molecule has 0 amide bonds. The summed E-state index contributed by atoms with van der Waals surface area (Å²) in [4.78, 5) is 0. The maximum absolute atomic E-state index is 2.59. The zero-order valence-corrected chi connectivity index (χ0v) is 28.1. The summed E-state index contributed by atoms with van der Waals surface area (Å²) in [6.45, 7) is 0. The van der Waals surface area contributed by atoms with E-state index in [0.717, 1.165) is 0 Å². The van der Waals surface area contributed by atoms with E-state index in [1.165, 1.54) is 78.2 Å². The average Bonchev–Trinajstić information content (AvgIpc) is 3.51. The summed E-state index contributed by atoms with van der Waals surface area (Å²) < 4.78 is 0. The minimum Gasteiger partial charge on any atom is -0.0616 e. The van der Waals surface area contributed by atoms with E-state index in [0.29, 0.717) is 22.3 Å². The minimum atomic E-state index is 0.155. The van der Waals surface area contributed by atoms with E-state index in [-0.39, 0.29) is 10.9 Å². The van der Waals surface area contributed by atoms with Crippen molar-refractivity contribution in [2.45, 2.75) is 35.2 Å². The van der Waals surface area contributed by atoms with Gasteiger partial charge in [0.05, 0.1) is 18.1 Å². The smallest absolute Gasteiger partial charge is 0.0616 e. The standard InChI is InChI=1S/C47H39S/c1-48-44(46(40-22-18-32-10-2-6-14-36(32)28-40)41-23-19-33-11-3-7-15-37(33)29-41)26-27-45(48)47(42-24-20-34-12-4-8-16-38(34)30-42)43-25-21-35-13-5-9-17-39(35)31-43/h2-25,28-31,44-47H,26-27H2,1H3/q+1/t44-,45-/m1/s1. The lowest BCUT2D eigenvalue weighted by Gasteiger charge is -2.28. The second-order valence-electron chi connectivity index (χ2n) is 13.6. The van der Waals surface area contributed by atoms with Crippen LogP contribution in [-0.2, 0) is 10.9 Å². The van der Waals surface area contributed by atoms with Gasteiger partial charge in [0.25, 0.3) is 0 Å². The van der Waals surface area contributed by atoms with Gasteiger partial charge in [0, 0.05) is 12.8 Å². The lowest BCUT2D eigenvalue weighted by Crippen LogP contribution is -2.32. The molecule has 1 saturated heterocycles. The van der Waals surface area contributed by atoms with Crippen molar-refractivity contribution in [2.24, 2.45) is 0 Å². The summed E-state index contributed by atoms with van der Waals surface area (Å²) in [5.74, 6) is 0.679. The highest BCUT2D eigenvalue weighted by molar-refractivity contribution is 7.97. The molecule has 8 aromatic carbocycles. The van der Waals surface area contributed by atoms with E-state index >= 15 is 0 Å². The molecule has 1 heterocycles. The fourth-order valence-electron chi connectivity index (χ4n) is 8.54. The van der Waals surface area contributed by atoms with Gasteiger partial charge in [0.2, 0.25) is 0 Å². The number of hydrogen-bond donors (Lipinski definition) is 0. The summed E-state index contributed by atoms with van der Waals surface area (Å²) in [6, 6.07) is 64.2. The highest BCUT2D eigenvalue weighted by Crippen LogP contribution is 2.48. The van der Waals surface area contributed by atoms with Gasteiger partial charge in [-0.15, -0.1) is 0 Å². The average molecular weight is 636 g/mol. The molecule has 2 atom stereocenters. The Morgan fingerprint density at radius 3 is 0.875 bits per heavy atom. The van der Waals surface area contributed by atoms with E-state index in [1.807, 2.05) is 0 Å². The normalized spacial score (nSPS) is 17.0. The molecule has 0 aliphatic carbocycles.